The van der Waals surface area contributed by atoms with E-state index in [4.69, 9.17) is 5.11 Å². The van der Waals surface area contributed by atoms with Gasteiger partial charge in [0.25, 0.3) is 0 Å². The predicted molar refractivity (Wildman–Crippen MR) is 89.3 cm³/mol. The van der Waals surface area contributed by atoms with Gasteiger partial charge < -0.3 is 10.4 Å². The van der Waals surface area contributed by atoms with Crippen LogP contribution in [0.25, 0.3) is 10.9 Å². The summed E-state index contributed by atoms with van der Waals surface area (Å²) in [6.45, 7) is 3.57. The number of aromatic nitrogens is 1. The lowest BCUT2D eigenvalue weighted by atomic mass is 10.1. The molecule has 0 aliphatic carbocycles. The molecule has 2 atom stereocenters. The van der Waals surface area contributed by atoms with E-state index in [1.165, 1.54) is 0 Å². The smallest absolute Gasteiger partial charge is 0.320 e. The third-order valence-corrected chi connectivity index (χ3v) is 3.62. The van der Waals surface area contributed by atoms with Crippen molar-refractivity contribution in [3.8, 4) is 0 Å². The van der Waals surface area contributed by atoms with Crippen molar-refractivity contribution >= 4 is 28.5 Å². The van der Waals surface area contributed by atoms with Gasteiger partial charge in [-0.15, -0.1) is 0 Å². The Morgan fingerprint density at radius 3 is 2.74 bits per heavy atom. The molecule has 0 saturated heterocycles. The van der Waals surface area contributed by atoms with Crippen molar-refractivity contribution in [2.45, 2.75) is 38.8 Å². The van der Waals surface area contributed by atoms with E-state index >= 15 is 0 Å². The summed E-state index contributed by atoms with van der Waals surface area (Å²) in [5.74, 6) is -1.22. The summed E-state index contributed by atoms with van der Waals surface area (Å²) >= 11 is 0. The molecule has 1 aromatic carbocycles. The molecule has 6 heteroatoms. The maximum atomic E-state index is 12.3. The molecule has 1 amide bonds. The van der Waals surface area contributed by atoms with Crippen LogP contribution in [0.4, 0.5) is 5.69 Å². The summed E-state index contributed by atoms with van der Waals surface area (Å²) in [7, 11) is 0. The maximum absolute atomic E-state index is 12.3. The summed E-state index contributed by atoms with van der Waals surface area (Å²) in [6, 6.07) is 7.84. The van der Waals surface area contributed by atoms with Gasteiger partial charge in [-0.1, -0.05) is 19.4 Å². The molecule has 0 spiro atoms. The Balaban J connectivity index is 2.09. The van der Waals surface area contributed by atoms with Crippen LogP contribution in [-0.4, -0.2) is 34.1 Å². The van der Waals surface area contributed by atoms with Crippen molar-refractivity contribution < 1.29 is 14.7 Å². The van der Waals surface area contributed by atoms with E-state index in [2.05, 4.69) is 15.6 Å². The van der Waals surface area contributed by atoms with E-state index in [1.807, 2.05) is 25.1 Å². The number of amides is 1. The van der Waals surface area contributed by atoms with Gasteiger partial charge in [0.05, 0.1) is 17.2 Å². The summed E-state index contributed by atoms with van der Waals surface area (Å²) < 4.78 is 0. The number of carbonyl (C=O) groups is 2. The van der Waals surface area contributed by atoms with Crippen LogP contribution in [0, 0.1) is 0 Å². The summed E-state index contributed by atoms with van der Waals surface area (Å²) in [6.07, 6.45) is 2.90. The van der Waals surface area contributed by atoms with Crippen molar-refractivity contribution in [3.05, 3.63) is 36.5 Å². The molecule has 1 heterocycles. The van der Waals surface area contributed by atoms with Crippen LogP contribution < -0.4 is 10.6 Å². The Bertz CT molecular complexity index is 697. The van der Waals surface area contributed by atoms with Crippen molar-refractivity contribution in [2.75, 3.05) is 5.32 Å². The van der Waals surface area contributed by atoms with Crippen LogP contribution in [0.3, 0.4) is 0 Å². The first-order valence-electron chi connectivity index (χ1n) is 7.66. The van der Waals surface area contributed by atoms with Crippen molar-refractivity contribution in [1.82, 2.24) is 10.3 Å². The fraction of sp³-hybridized carbons (Fsp3) is 0.353. The molecule has 3 N–H and O–H groups in total. The van der Waals surface area contributed by atoms with Gasteiger partial charge in [0.1, 0.15) is 6.04 Å². The number of aliphatic carboxylic acids is 1. The molecule has 6 nitrogen and oxygen atoms in total. The second kappa shape index (κ2) is 7.69. The van der Waals surface area contributed by atoms with Crippen molar-refractivity contribution in [3.63, 3.8) is 0 Å². The van der Waals surface area contributed by atoms with Crippen LogP contribution in [0.2, 0.25) is 0 Å². The Morgan fingerprint density at radius 2 is 2.04 bits per heavy atom. The molecule has 0 aliphatic rings. The first-order valence-corrected chi connectivity index (χ1v) is 7.66. The van der Waals surface area contributed by atoms with E-state index in [-0.39, 0.29) is 5.91 Å². The Hall–Kier alpha value is -2.47. The third-order valence-electron chi connectivity index (χ3n) is 3.62. The molecule has 2 unspecified atom stereocenters. The molecule has 23 heavy (non-hydrogen) atoms. The lowest BCUT2D eigenvalue weighted by Gasteiger charge is -2.19. The average Bonchev–Trinajstić information content (AvgIpc) is 2.54. The van der Waals surface area contributed by atoms with Crippen molar-refractivity contribution in [1.29, 1.82) is 0 Å². The number of hydrogen-bond donors (Lipinski definition) is 3. The molecular formula is C17H21N3O3. The minimum Gasteiger partial charge on any atom is -0.480 e. The Kier molecular flexibility index (Phi) is 5.65. The van der Waals surface area contributed by atoms with Gasteiger partial charge in [-0.2, -0.15) is 0 Å². The number of anilines is 1. The second-order valence-electron chi connectivity index (χ2n) is 5.43. The molecule has 0 radical (unpaired) electrons. The quantitative estimate of drug-likeness (QED) is 0.730. The number of carboxylic acids is 1. The number of nitrogens with zero attached hydrogens (tertiary/aromatic N) is 1. The minimum atomic E-state index is -0.944. The highest BCUT2D eigenvalue weighted by atomic mass is 16.4. The number of carboxylic acid groups (broad SMARTS) is 1. The van der Waals surface area contributed by atoms with Gasteiger partial charge in [-0.3, -0.25) is 19.9 Å². The van der Waals surface area contributed by atoms with Crippen LogP contribution in [-0.2, 0) is 9.59 Å². The third kappa shape index (κ3) is 4.26. The maximum Gasteiger partial charge on any atom is 0.320 e. The Labute approximate surface area is 134 Å². The van der Waals surface area contributed by atoms with Gasteiger partial charge >= 0.3 is 5.97 Å². The largest absolute Gasteiger partial charge is 0.480 e. The second-order valence-corrected chi connectivity index (χ2v) is 5.43. The van der Waals surface area contributed by atoms with Crippen molar-refractivity contribution in [2.24, 2.45) is 0 Å². The van der Waals surface area contributed by atoms with E-state index in [0.29, 0.717) is 12.1 Å². The fourth-order valence-electron chi connectivity index (χ4n) is 2.40. The number of pyridine rings is 1. The number of carbonyl (C=O) groups excluding carboxylic acids is 1. The van der Waals surface area contributed by atoms with Gasteiger partial charge in [-0.25, -0.2) is 0 Å². The Morgan fingerprint density at radius 1 is 1.26 bits per heavy atom. The van der Waals surface area contributed by atoms with E-state index < -0.39 is 18.1 Å². The number of hydrogen-bond acceptors (Lipinski definition) is 4. The van der Waals surface area contributed by atoms with E-state index in [9.17, 15) is 9.59 Å². The number of fused-ring (bicyclic) bond motifs is 1. The molecule has 1 aromatic heterocycles. The molecule has 0 fully saturated rings. The lowest BCUT2D eigenvalue weighted by molar-refractivity contribution is -0.140. The normalized spacial score (nSPS) is 13.5. The average molecular weight is 315 g/mol. The van der Waals surface area contributed by atoms with Crippen LogP contribution in [0.1, 0.15) is 26.7 Å². The van der Waals surface area contributed by atoms with Crippen LogP contribution >= 0.6 is 0 Å². The minimum absolute atomic E-state index is 0.274. The molecule has 0 bridgehead atoms. The zero-order valence-corrected chi connectivity index (χ0v) is 13.2. The first kappa shape index (κ1) is 16.9. The van der Waals surface area contributed by atoms with Gasteiger partial charge in [0.2, 0.25) is 5.91 Å². The monoisotopic (exact) mass is 315 g/mol. The molecule has 122 valence electrons. The standard InChI is InChI=1S/C17H21N3O3/c1-3-6-15(17(22)23)19-11(2)16(21)20-14-9-4-8-13-12(14)7-5-10-18-13/h4-5,7-11,15,19H,3,6H2,1-2H3,(H,20,21)(H,22,23). The highest BCUT2D eigenvalue weighted by Gasteiger charge is 2.22. The molecule has 0 saturated carbocycles. The highest BCUT2D eigenvalue weighted by Crippen LogP contribution is 2.21. The summed E-state index contributed by atoms with van der Waals surface area (Å²) in [4.78, 5) is 27.8. The number of benzene rings is 1. The van der Waals surface area contributed by atoms with Gasteiger partial charge in [-0.05, 0) is 37.6 Å². The van der Waals surface area contributed by atoms with E-state index in [0.717, 1.165) is 17.3 Å². The van der Waals surface area contributed by atoms with Gasteiger partial charge in [0, 0.05) is 11.6 Å². The summed E-state index contributed by atoms with van der Waals surface area (Å²) in [5.41, 5.74) is 1.46. The molecule has 0 aliphatic heterocycles. The zero-order chi connectivity index (χ0) is 16.8. The van der Waals surface area contributed by atoms with Crippen LogP contribution in [0.15, 0.2) is 36.5 Å². The SMILES string of the molecule is CCCC(NC(C)C(=O)Nc1cccc2ncccc12)C(=O)O. The zero-order valence-electron chi connectivity index (χ0n) is 13.2. The number of rotatable bonds is 7. The van der Waals surface area contributed by atoms with Crippen LogP contribution in [0.5, 0.6) is 0 Å². The number of nitrogens with one attached hydrogen (secondary N) is 2. The van der Waals surface area contributed by atoms with E-state index in [1.54, 1.807) is 25.3 Å². The lowest BCUT2D eigenvalue weighted by Crippen LogP contribution is -2.47. The molecular weight excluding hydrogens is 294 g/mol. The predicted octanol–water partition coefficient (Wildman–Crippen LogP) is 2.40. The summed E-state index contributed by atoms with van der Waals surface area (Å²) in [5, 5.41) is 15.7. The first-order chi connectivity index (χ1) is 11.0. The highest BCUT2D eigenvalue weighted by molar-refractivity contribution is 6.02. The molecule has 2 aromatic rings. The fourth-order valence-corrected chi connectivity index (χ4v) is 2.40. The molecule has 2 rings (SSSR count). The van der Waals surface area contributed by atoms with Gasteiger partial charge in [0.15, 0.2) is 0 Å². The topological polar surface area (TPSA) is 91.3 Å².